The molecule has 0 amide bonds. The molecule has 0 aliphatic heterocycles. The zero-order valence-electron chi connectivity index (χ0n) is 23.4. The van der Waals surface area contributed by atoms with Gasteiger partial charge in [0.05, 0.1) is 0 Å². The molecule has 0 saturated heterocycles. The SMILES string of the molecule is CC1(C)C=C(c2ccc(-c3c4ccccc4c(-c4cccc5ccccc45)c4ccccc34)cc2)c2ccccc21. The standard InChI is InChI=1S/C41H30/c1-41(2)26-37(31-15-9-10-21-38(31)41)28-22-24-29(25-23-28)39-33-16-5-7-18-35(33)40(36-19-8-6-17-34(36)39)32-20-11-13-27-12-3-4-14-30(27)32/h3-26H,1-2H3. The number of rotatable bonds is 3. The van der Waals surface area contributed by atoms with Crippen molar-refractivity contribution >= 4 is 37.9 Å². The predicted molar refractivity (Wildman–Crippen MR) is 176 cm³/mol. The largest absolute Gasteiger partial charge is 0.0660 e. The molecule has 0 saturated carbocycles. The maximum Gasteiger partial charge on any atom is 0.00908 e. The number of allylic oxidation sites excluding steroid dienone is 1. The van der Waals surface area contributed by atoms with Gasteiger partial charge in [0.1, 0.15) is 0 Å². The van der Waals surface area contributed by atoms with E-state index in [0.29, 0.717) is 0 Å². The van der Waals surface area contributed by atoms with Crippen molar-refractivity contribution in [1.29, 1.82) is 0 Å². The van der Waals surface area contributed by atoms with E-state index in [0.717, 1.165) is 0 Å². The van der Waals surface area contributed by atoms with Crippen molar-refractivity contribution in [3.05, 3.63) is 162 Å². The first-order valence-electron chi connectivity index (χ1n) is 14.5. The molecule has 0 fully saturated rings. The maximum atomic E-state index is 2.43. The summed E-state index contributed by atoms with van der Waals surface area (Å²) in [4.78, 5) is 0. The first-order chi connectivity index (χ1) is 20.1. The van der Waals surface area contributed by atoms with Crippen LogP contribution >= 0.6 is 0 Å². The summed E-state index contributed by atoms with van der Waals surface area (Å²) < 4.78 is 0. The molecule has 0 spiro atoms. The van der Waals surface area contributed by atoms with Crippen LogP contribution in [0, 0.1) is 0 Å². The molecular formula is C41H30. The monoisotopic (exact) mass is 522 g/mol. The average Bonchev–Trinajstić information content (AvgIpc) is 3.30. The first kappa shape index (κ1) is 23.9. The molecule has 0 N–H and O–H groups in total. The highest BCUT2D eigenvalue weighted by Gasteiger charge is 2.30. The topological polar surface area (TPSA) is 0 Å². The van der Waals surface area contributed by atoms with Gasteiger partial charge in [-0.15, -0.1) is 0 Å². The fourth-order valence-corrected chi connectivity index (χ4v) is 7.02. The van der Waals surface area contributed by atoms with Gasteiger partial charge in [-0.05, 0) is 76.8 Å². The van der Waals surface area contributed by atoms with E-state index in [1.807, 2.05) is 0 Å². The van der Waals surface area contributed by atoms with E-state index < -0.39 is 0 Å². The van der Waals surface area contributed by atoms with Gasteiger partial charge in [-0.1, -0.05) is 159 Å². The van der Waals surface area contributed by atoms with Crippen LogP contribution < -0.4 is 0 Å². The Morgan fingerprint density at radius 1 is 0.390 bits per heavy atom. The van der Waals surface area contributed by atoms with E-state index in [1.165, 1.54) is 76.8 Å². The van der Waals surface area contributed by atoms with Crippen LogP contribution in [0.15, 0.2) is 146 Å². The molecule has 7 aromatic carbocycles. The Balaban J connectivity index is 1.36. The summed E-state index contributed by atoms with van der Waals surface area (Å²) in [6.45, 7) is 4.62. The van der Waals surface area contributed by atoms with Crippen LogP contribution in [0.4, 0.5) is 0 Å². The van der Waals surface area contributed by atoms with Crippen molar-refractivity contribution in [3.63, 3.8) is 0 Å². The number of benzene rings is 7. The Hall–Kier alpha value is -4.94. The molecule has 0 heteroatoms. The van der Waals surface area contributed by atoms with Crippen molar-refractivity contribution in [3.8, 4) is 22.3 Å². The lowest BCUT2D eigenvalue weighted by Gasteiger charge is -2.19. The summed E-state index contributed by atoms with van der Waals surface area (Å²) in [7, 11) is 0. The lowest BCUT2D eigenvalue weighted by Crippen LogP contribution is -2.10. The van der Waals surface area contributed by atoms with Gasteiger partial charge in [-0.25, -0.2) is 0 Å². The second-order valence-corrected chi connectivity index (χ2v) is 11.8. The van der Waals surface area contributed by atoms with Crippen molar-refractivity contribution in [2.75, 3.05) is 0 Å². The summed E-state index contributed by atoms with van der Waals surface area (Å²) in [5.74, 6) is 0. The van der Waals surface area contributed by atoms with Crippen molar-refractivity contribution in [1.82, 2.24) is 0 Å². The van der Waals surface area contributed by atoms with Gasteiger partial charge in [0.25, 0.3) is 0 Å². The molecule has 0 atom stereocenters. The van der Waals surface area contributed by atoms with E-state index in [1.54, 1.807) is 0 Å². The summed E-state index contributed by atoms with van der Waals surface area (Å²) in [5.41, 5.74) is 10.5. The van der Waals surface area contributed by atoms with E-state index in [-0.39, 0.29) is 5.41 Å². The summed E-state index contributed by atoms with van der Waals surface area (Å²) in [6.07, 6.45) is 2.43. The fourth-order valence-electron chi connectivity index (χ4n) is 7.02. The van der Waals surface area contributed by atoms with Crippen LogP contribution in [0.25, 0.3) is 60.1 Å². The van der Waals surface area contributed by atoms with Gasteiger partial charge < -0.3 is 0 Å². The Morgan fingerprint density at radius 2 is 0.878 bits per heavy atom. The molecule has 7 aromatic rings. The minimum absolute atomic E-state index is 0.0362. The summed E-state index contributed by atoms with van der Waals surface area (Å²) >= 11 is 0. The zero-order chi connectivity index (χ0) is 27.6. The third kappa shape index (κ3) is 3.68. The summed E-state index contributed by atoms with van der Waals surface area (Å²) in [5, 5.41) is 7.70. The minimum Gasteiger partial charge on any atom is -0.0660 e. The van der Waals surface area contributed by atoms with E-state index in [9.17, 15) is 0 Å². The van der Waals surface area contributed by atoms with Gasteiger partial charge >= 0.3 is 0 Å². The third-order valence-electron chi connectivity index (χ3n) is 8.89. The molecule has 1 aliphatic carbocycles. The molecule has 194 valence electrons. The molecule has 1 aliphatic rings. The van der Waals surface area contributed by atoms with Gasteiger partial charge in [-0.2, -0.15) is 0 Å². The Kier molecular flexibility index (Phi) is 5.27. The van der Waals surface area contributed by atoms with Crippen LogP contribution in [0.5, 0.6) is 0 Å². The molecule has 0 aromatic heterocycles. The third-order valence-corrected chi connectivity index (χ3v) is 8.89. The molecule has 41 heavy (non-hydrogen) atoms. The van der Waals surface area contributed by atoms with Crippen LogP contribution in [0.1, 0.15) is 30.5 Å². The van der Waals surface area contributed by atoms with Crippen molar-refractivity contribution in [2.24, 2.45) is 0 Å². The molecular weight excluding hydrogens is 492 g/mol. The minimum atomic E-state index is 0.0362. The van der Waals surface area contributed by atoms with Gasteiger partial charge in [0.2, 0.25) is 0 Å². The highest BCUT2D eigenvalue weighted by Crippen LogP contribution is 2.46. The number of hydrogen-bond donors (Lipinski definition) is 0. The average molecular weight is 523 g/mol. The fraction of sp³-hybridized carbons (Fsp3) is 0.0732. The second-order valence-electron chi connectivity index (χ2n) is 11.8. The van der Waals surface area contributed by atoms with Crippen LogP contribution in [-0.2, 0) is 5.41 Å². The molecule has 0 radical (unpaired) electrons. The highest BCUT2D eigenvalue weighted by molar-refractivity contribution is 6.23. The highest BCUT2D eigenvalue weighted by atomic mass is 14.3. The van der Waals surface area contributed by atoms with Crippen LogP contribution in [0.2, 0.25) is 0 Å². The van der Waals surface area contributed by atoms with E-state index >= 15 is 0 Å². The quantitative estimate of drug-likeness (QED) is 0.202. The maximum absolute atomic E-state index is 2.43. The van der Waals surface area contributed by atoms with Gasteiger partial charge in [-0.3, -0.25) is 0 Å². The lowest BCUT2D eigenvalue weighted by atomic mass is 9.84. The van der Waals surface area contributed by atoms with Crippen LogP contribution in [-0.4, -0.2) is 0 Å². The smallest absolute Gasteiger partial charge is 0.00908 e. The normalized spacial score (nSPS) is 14.0. The molecule has 0 heterocycles. The number of fused-ring (bicyclic) bond motifs is 4. The second kappa shape index (κ2) is 9.04. The predicted octanol–water partition coefficient (Wildman–Crippen LogP) is 11.2. The Morgan fingerprint density at radius 3 is 1.56 bits per heavy atom. The van der Waals surface area contributed by atoms with E-state index in [4.69, 9.17) is 0 Å². The lowest BCUT2D eigenvalue weighted by molar-refractivity contribution is 0.683. The molecule has 0 nitrogen and oxygen atoms in total. The van der Waals surface area contributed by atoms with Crippen molar-refractivity contribution < 1.29 is 0 Å². The Labute approximate surface area is 241 Å². The van der Waals surface area contributed by atoms with Crippen LogP contribution in [0.3, 0.4) is 0 Å². The molecule has 0 unspecified atom stereocenters. The molecule has 0 bridgehead atoms. The first-order valence-corrected chi connectivity index (χ1v) is 14.5. The zero-order valence-corrected chi connectivity index (χ0v) is 23.4. The number of hydrogen-bond acceptors (Lipinski definition) is 0. The van der Waals surface area contributed by atoms with Gasteiger partial charge in [0, 0.05) is 5.41 Å². The van der Waals surface area contributed by atoms with Crippen molar-refractivity contribution in [2.45, 2.75) is 19.3 Å². The van der Waals surface area contributed by atoms with E-state index in [2.05, 4.69) is 159 Å². The molecule has 8 rings (SSSR count). The summed E-state index contributed by atoms with van der Waals surface area (Å²) in [6, 6.07) is 51.3. The van der Waals surface area contributed by atoms with Gasteiger partial charge in [0.15, 0.2) is 0 Å². The Bertz CT molecular complexity index is 2090.